The Bertz CT molecular complexity index is 594. The predicted molar refractivity (Wildman–Crippen MR) is 85.8 cm³/mol. The number of nitrogens with one attached hydrogen (secondary N) is 1. The maximum atomic E-state index is 9.04. The molecule has 112 valence electrons. The number of aliphatic hydroxyl groups is 1. The minimum atomic E-state index is 0.0946. The van der Waals surface area contributed by atoms with E-state index in [9.17, 15) is 0 Å². The molecule has 1 aromatic carbocycles. The van der Waals surface area contributed by atoms with E-state index in [-0.39, 0.29) is 6.61 Å². The van der Waals surface area contributed by atoms with E-state index in [4.69, 9.17) is 15.1 Å². The topological polar surface area (TPSA) is 61.3 Å². The summed E-state index contributed by atoms with van der Waals surface area (Å²) < 4.78 is 0. The van der Waals surface area contributed by atoms with Gasteiger partial charge in [-0.1, -0.05) is 25.0 Å². The van der Waals surface area contributed by atoms with E-state index in [1.807, 2.05) is 24.3 Å². The Morgan fingerprint density at radius 3 is 2.57 bits per heavy atom. The Kier molecular flexibility index (Phi) is 4.50. The van der Waals surface area contributed by atoms with Gasteiger partial charge in [-0.05, 0) is 25.0 Å². The lowest BCUT2D eigenvalue weighted by Gasteiger charge is -2.21. The molecule has 0 atom stereocenters. The monoisotopic (exact) mass is 286 g/mol. The number of nitrogens with zero attached hydrogens (tertiary/aromatic N) is 3. The van der Waals surface area contributed by atoms with E-state index < -0.39 is 0 Å². The molecule has 0 aliphatic carbocycles. The summed E-state index contributed by atoms with van der Waals surface area (Å²) in [6, 6.07) is 8.02. The first-order valence-corrected chi connectivity index (χ1v) is 7.75. The van der Waals surface area contributed by atoms with Crippen molar-refractivity contribution >= 4 is 22.7 Å². The first kappa shape index (κ1) is 14.1. The van der Waals surface area contributed by atoms with Crippen LogP contribution in [0.2, 0.25) is 0 Å². The minimum absolute atomic E-state index is 0.0946. The van der Waals surface area contributed by atoms with E-state index in [0.717, 1.165) is 35.8 Å². The van der Waals surface area contributed by atoms with Crippen LogP contribution in [0.4, 0.5) is 11.8 Å². The summed E-state index contributed by atoms with van der Waals surface area (Å²) in [7, 11) is 0. The van der Waals surface area contributed by atoms with Crippen LogP contribution in [0.25, 0.3) is 10.9 Å². The summed E-state index contributed by atoms with van der Waals surface area (Å²) in [6.45, 7) is 2.65. The van der Waals surface area contributed by atoms with Gasteiger partial charge in [0.1, 0.15) is 5.82 Å². The Morgan fingerprint density at radius 1 is 1.05 bits per heavy atom. The molecule has 0 amide bonds. The number of fused-ring (bicyclic) bond motifs is 1. The van der Waals surface area contributed by atoms with E-state index in [1.54, 1.807) is 0 Å². The van der Waals surface area contributed by atoms with Gasteiger partial charge >= 0.3 is 0 Å². The number of anilines is 2. The van der Waals surface area contributed by atoms with Crippen molar-refractivity contribution in [2.75, 3.05) is 36.5 Å². The van der Waals surface area contributed by atoms with Crippen molar-refractivity contribution in [3.8, 4) is 0 Å². The summed E-state index contributed by atoms with van der Waals surface area (Å²) in [5.41, 5.74) is 0.951. The lowest BCUT2D eigenvalue weighted by Crippen LogP contribution is -2.26. The molecule has 2 heterocycles. The molecular formula is C16H22N4O. The molecule has 2 aromatic rings. The van der Waals surface area contributed by atoms with E-state index in [1.165, 1.54) is 25.7 Å². The Morgan fingerprint density at radius 2 is 1.81 bits per heavy atom. The molecule has 1 aliphatic heterocycles. The molecule has 0 unspecified atom stereocenters. The molecule has 1 saturated heterocycles. The standard InChI is InChI=1S/C16H22N4O/c21-12-9-17-15-13-7-3-4-8-14(13)18-16(19-15)20-10-5-1-2-6-11-20/h3-4,7-8,21H,1-2,5-6,9-12H2,(H,17,18,19). The second-order valence-corrected chi connectivity index (χ2v) is 5.44. The number of para-hydroxylation sites is 1. The van der Waals surface area contributed by atoms with Crippen LogP contribution in [0.5, 0.6) is 0 Å². The number of aliphatic hydroxyl groups excluding tert-OH is 1. The number of benzene rings is 1. The van der Waals surface area contributed by atoms with Crippen LogP contribution in [-0.2, 0) is 0 Å². The van der Waals surface area contributed by atoms with Gasteiger partial charge in [0.05, 0.1) is 12.1 Å². The molecule has 0 spiro atoms. The van der Waals surface area contributed by atoms with Crippen molar-refractivity contribution in [2.24, 2.45) is 0 Å². The van der Waals surface area contributed by atoms with Gasteiger partial charge in [0.15, 0.2) is 0 Å². The summed E-state index contributed by atoms with van der Waals surface area (Å²) in [5, 5.41) is 13.2. The number of hydrogen-bond donors (Lipinski definition) is 2. The SMILES string of the molecule is OCCNc1nc(N2CCCCCC2)nc2ccccc12. The fraction of sp³-hybridized carbons (Fsp3) is 0.500. The average Bonchev–Trinajstić information content (AvgIpc) is 2.81. The molecule has 21 heavy (non-hydrogen) atoms. The van der Waals surface area contributed by atoms with Gasteiger partial charge in [-0.25, -0.2) is 4.98 Å². The lowest BCUT2D eigenvalue weighted by molar-refractivity contribution is 0.311. The molecule has 0 radical (unpaired) electrons. The van der Waals surface area contributed by atoms with Crippen LogP contribution in [0.15, 0.2) is 24.3 Å². The summed E-state index contributed by atoms with van der Waals surface area (Å²) in [6.07, 6.45) is 4.99. The quantitative estimate of drug-likeness (QED) is 0.904. The Balaban J connectivity index is 1.97. The fourth-order valence-electron chi connectivity index (χ4n) is 2.79. The van der Waals surface area contributed by atoms with Crippen molar-refractivity contribution < 1.29 is 5.11 Å². The zero-order valence-corrected chi connectivity index (χ0v) is 12.3. The van der Waals surface area contributed by atoms with Gasteiger partial charge in [-0.2, -0.15) is 4.98 Å². The second kappa shape index (κ2) is 6.72. The Labute approximate surface area is 125 Å². The molecule has 0 bridgehead atoms. The van der Waals surface area contributed by atoms with Gasteiger partial charge in [0.25, 0.3) is 0 Å². The predicted octanol–water partition coefficient (Wildman–Crippen LogP) is 2.41. The van der Waals surface area contributed by atoms with Crippen LogP contribution in [0.3, 0.4) is 0 Å². The third kappa shape index (κ3) is 3.24. The third-order valence-electron chi connectivity index (χ3n) is 3.88. The van der Waals surface area contributed by atoms with E-state index in [2.05, 4.69) is 10.2 Å². The highest BCUT2D eigenvalue weighted by molar-refractivity contribution is 5.90. The first-order valence-electron chi connectivity index (χ1n) is 7.75. The molecule has 1 fully saturated rings. The first-order chi connectivity index (χ1) is 10.4. The van der Waals surface area contributed by atoms with Gasteiger partial charge in [0, 0.05) is 25.0 Å². The zero-order chi connectivity index (χ0) is 14.5. The van der Waals surface area contributed by atoms with Crippen molar-refractivity contribution in [3.05, 3.63) is 24.3 Å². The zero-order valence-electron chi connectivity index (χ0n) is 12.3. The van der Waals surface area contributed by atoms with Gasteiger partial charge in [-0.3, -0.25) is 0 Å². The van der Waals surface area contributed by atoms with Crippen LogP contribution >= 0.6 is 0 Å². The molecule has 3 rings (SSSR count). The highest BCUT2D eigenvalue weighted by Crippen LogP contribution is 2.24. The lowest BCUT2D eigenvalue weighted by atomic mass is 10.2. The minimum Gasteiger partial charge on any atom is -0.395 e. The summed E-state index contributed by atoms with van der Waals surface area (Å²) in [5.74, 6) is 1.62. The van der Waals surface area contributed by atoms with Gasteiger partial charge in [-0.15, -0.1) is 0 Å². The van der Waals surface area contributed by atoms with Crippen molar-refractivity contribution in [2.45, 2.75) is 25.7 Å². The highest BCUT2D eigenvalue weighted by Gasteiger charge is 2.15. The van der Waals surface area contributed by atoms with Crippen molar-refractivity contribution in [1.82, 2.24) is 9.97 Å². The van der Waals surface area contributed by atoms with Crippen molar-refractivity contribution in [1.29, 1.82) is 0 Å². The molecule has 5 nitrogen and oxygen atoms in total. The molecular weight excluding hydrogens is 264 g/mol. The molecule has 1 aliphatic rings. The fourth-order valence-corrected chi connectivity index (χ4v) is 2.79. The van der Waals surface area contributed by atoms with Crippen LogP contribution in [-0.4, -0.2) is 41.3 Å². The third-order valence-corrected chi connectivity index (χ3v) is 3.88. The van der Waals surface area contributed by atoms with Gasteiger partial charge < -0.3 is 15.3 Å². The van der Waals surface area contributed by atoms with Gasteiger partial charge in [0.2, 0.25) is 5.95 Å². The normalized spacial score (nSPS) is 16.0. The highest BCUT2D eigenvalue weighted by atomic mass is 16.3. The maximum absolute atomic E-state index is 9.04. The molecule has 2 N–H and O–H groups in total. The van der Waals surface area contributed by atoms with Crippen LogP contribution in [0.1, 0.15) is 25.7 Å². The largest absolute Gasteiger partial charge is 0.395 e. The number of hydrogen-bond acceptors (Lipinski definition) is 5. The van der Waals surface area contributed by atoms with E-state index >= 15 is 0 Å². The summed E-state index contributed by atoms with van der Waals surface area (Å²) in [4.78, 5) is 11.7. The molecule has 0 saturated carbocycles. The Hall–Kier alpha value is -1.88. The summed E-state index contributed by atoms with van der Waals surface area (Å²) >= 11 is 0. The van der Waals surface area contributed by atoms with Crippen LogP contribution < -0.4 is 10.2 Å². The molecule has 1 aromatic heterocycles. The maximum Gasteiger partial charge on any atom is 0.227 e. The smallest absolute Gasteiger partial charge is 0.227 e. The second-order valence-electron chi connectivity index (χ2n) is 5.44. The van der Waals surface area contributed by atoms with E-state index in [0.29, 0.717) is 6.54 Å². The number of rotatable bonds is 4. The average molecular weight is 286 g/mol. The van der Waals surface area contributed by atoms with Crippen molar-refractivity contribution in [3.63, 3.8) is 0 Å². The molecule has 5 heteroatoms. The number of aromatic nitrogens is 2. The van der Waals surface area contributed by atoms with Crippen LogP contribution in [0, 0.1) is 0 Å².